The fraction of sp³-hybridized carbons (Fsp3) is 0.0588. The monoisotopic (exact) mass is 312 g/mol. The normalized spacial score (nSPS) is 10.5. The van der Waals surface area contributed by atoms with E-state index in [0.29, 0.717) is 16.6 Å². The maximum atomic E-state index is 13.2. The molecule has 0 unspecified atom stereocenters. The molecule has 0 aliphatic rings. The van der Waals surface area contributed by atoms with E-state index in [-0.39, 0.29) is 16.9 Å². The van der Waals surface area contributed by atoms with Gasteiger partial charge in [0.1, 0.15) is 11.6 Å². The van der Waals surface area contributed by atoms with Crippen LogP contribution in [0.2, 0.25) is 0 Å². The smallest absolute Gasteiger partial charge is 0.256 e. The second-order valence-corrected chi connectivity index (χ2v) is 4.89. The molecule has 5 nitrogen and oxygen atoms in total. The SMILES string of the molecule is COc1cc(F)ccc1NC(=O)c1cc(=O)[nH]c2ccccc12. The number of carbonyl (C=O) groups excluding carboxylic acids is 1. The molecular formula is C17H13FN2O3. The first kappa shape index (κ1) is 14.8. The van der Waals surface area contributed by atoms with Crippen molar-refractivity contribution in [3.05, 3.63) is 70.3 Å². The van der Waals surface area contributed by atoms with Crippen molar-refractivity contribution in [3.8, 4) is 5.75 Å². The fourth-order valence-electron chi connectivity index (χ4n) is 2.35. The van der Waals surface area contributed by atoms with E-state index in [1.807, 2.05) is 0 Å². The highest BCUT2D eigenvalue weighted by Crippen LogP contribution is 2.26. The van der Waals surface area contributed by atoms with Gasteiger partial charge in [-0.1, -0.05) is 18.2 Å². The lowest BCUT2D eigenvalue weighted by Crippen LogP contribution is -2.17. The number of nitrogens with one attached hydrogen (secondary N) is 2. The Morgan fingerprint density at radius 2 is 1.96 bits per heavy atom. The van der Waals surface area contributed by atoms with Gasteiger partial charge in [0.2, 0.25) is 5.56 Å². The third kappa shape index (κ3) is 2.91. The lowest BCUT2D eigenvalue weighted by Gasteiger charge is -2.11. The lowest BCUT2D eigenvalue weighted by atomic mass is 10.1. The van der Waals surface area contributed by atoms with Crippen LogP contribution in [0.15, 0.2) is 53.3 Å². The van der Waals surface area contributed by atoms with Gasteiger partial charge >= 0.3 is 0 Å². The van der Waals surface area contributed by atoms with Gasteiger partial charge in [-0.15, -0.1) is 0 Å². The number of methoxy groups -OCH3 is 1. The Hall–Kier alpha value is -3.15. The van der Waals surface area contributed by atoms with Crippen LogP contribution in [0.4, 0.5) is 10.1 Å². The fourth-order valence-corrected chi connectivity index (χ4v) is 2.35. The van der Waals surface area contributed by atoms with Crippen LogP contribution in [0.1, 0.15) is 10.4 Å². The van der Waals surface area contributed by atoms with Crippen molar-refractivity contribution in [3.63, 3.8) is 0 Å². The first-order valence-electron chi connectivity index (χ1n) is 6.85. The Kier molecular flexibility index (Phi) is 3.80. The summed E-state index contributed by atoms with van der Waals surface area (Å²) in [4.78, 5) is 26.9. The predicted octanol–water partition coefficient (Wildman–Crippen LogP) is 2.93. The first-order valence-corrected chi connectivity index (χ1v) is 6.85. The summed E-state index contributed by atoms with van der Waals surface area (Å²) < 4.78 is 18.3. The molecule has 1 amide bonds. The zero-order valence-electron chi connectivity index (χ0n) is 12.2. The standard InChI is InChI=1S/C17H13FN2O3/c1-23-15-8-10(18)6-7-14(15)20-17(22)12-9-16(21)19-13-5-3-2-4-11(12)13/h2-9H,1H3,(H,19,21)(H,20,22). The van der Waals surface area contributed by atoms with Crippen LogP contribution >= 0.6 is 0 Å². The molecule has 0 aliphatic heterocycles. The van der Waals surface area contributed by atoms with Gasteiger partial charge < -0.3 is 15.0 Å². The molecule has 0 radical (unpaired) electrons. The van der Waals surface area contributed by atoms with Gasteiger partial charge in [0, 0.05) is 23.0 Å². The van der Waals surface area contributed by atoms with Crippen molar-refractivity contribution in [1.29, 1.82) is 0 Å². The number of para-hydroxylation sites is 1. The Morgan fingerprint density at radius 3 is 2.74 bits per heavy atom. The molecule has 0 bridgehead atoms. The molecule has 0 spiro atoms. The second-order valence-electron chi connectivity index (χ2n) is 4.89. The van der Waals surface area contributed by atoms with E-state index in [0.717, 1.165) is 0 Å². The minimum atomic E-state index is -0.475. The van der Waals surface area contributed by atoms with E-state index >= 15 is 0 Å². The number of anilines is 1. The number of hydrogen-bond donors (Lipinski definition) is 2. The van der Waals surface area contributed by atoms with E-state index in [2.05, 4.69) is 10.3 Å². The van der Waals surface area contributed by atoms with Gasteiger partial charge in [0.05, 0.1) is 18.4 Å². The number of aromatic nitrogens is 1. The maximum Gasteiger partial charge on any atom is 0.256 e. The van der Waals surface area contributed by atoms with Gasteiger partial charge in [-0.05, 0) is 18.2 Å². The molecule has 2 aromatic carbocycles. The molecule has 6 heteroatoms. The average Bonchev–Trinajstić information content (AvgIpc) is 2.55. The van der Waals surface area contributed by atoms with Crippen molar-refractivity contribution in [2.45, 2.75) is 0 Å². The van der Waals surface area contributed by atoms with Gasteiger partial charge in [-0.3, -0.25) is 9.59 Å². The average molecular weight is 312 g/mol. The molecule has 2 N–H and O–H groups in total. The quantitative estimate of drug-likeness (QED) is 0.781. The third-order valence-electron chi connectivity index (χ3n) is 3.41. The van der Waals surface area contributed by atoms with Gasteiger partial charge in [0.15, 0.2) is 0 Å². The highest BCUT2D eigenvalue weighted by Gasteiger charge is 2.14. The summed E-state index contributed by atoms with van der Waals surface area (Å²) in [6.07, 6.45) is 0. The van der Waals surface area contributed by atoms with E-state index < -0.39 is 11.7 Å². The number of halogens is 1. The van der Waals surface area contributed by atoms with Crippen LogP contribution in [0.3, 0.4) is 0 Å². The summed E-state index contributed by atoms with van der Waals surface area (Å²) in [5.74, 6) is -0.744. The summed E-state index contributed by atoms with van der Waals surface area (Å²) in [6, 6.07) is 12.0. The summed E-state index contributed by atoms with van der Waals surface area (Å²) in [5.41, 5.74) is 0.745. The van der Waals surface area contributed by atoms with Gasteiger partial charge in [-0.25, -0.2) is 4.39 Å². The molecular weight excluding hydrogens is 299 g/mol. The van der Waals surface area contributed by atoms with Crippen molar-refractivity contribution < 1.29 is 13.9 Å². The molecule has 0 saturated carbocycles. The molecule has 3 aromatic rings. The molecule has 0 aliphatic carbocycles. The minimum absolute atomic E-state index is 0.201. The summed E-state index contributed by atoms with van der Waals surface area (Å²) in [5, 5.41) is 3.26. The van der Waals surface area contributed by atoms with Crippen LogP contribution in [0, 0.1) is 5.82 Å². The number of fused-ring (bicyclic) bond motifs is 1. The maximum absolute atomic E-state index is 13.2. The zero-order chi connectivity index (χ0) is 16.4. The second kappa shape index (κ2) is 5.92. The van der Waals surface area contributed by atoms with E-state index in [1.54, 1.807) is 24.3 Å². The molecule has 23 heavy (non-hydrogen) atoms. The number of aromatic amines is 1. The van der Waals surface area contributed by atoms with Gasteiger partial charge in [0.25, 0.3) is 5.91 Å². The van der Waals surface area contributed by atoms with Crippen LogP contribution in [-0.2, 0) is 0 Å². The summed E-state index contributed by atoms with van der Waals surface area (Å²) in [6.45, 7) is 0. The van der Waals surface area contributed by atoms with Crippen LogP contribution in [0.25, 0.3) is 10.9 Å². The van der Waals surface area contributed by atoms with Gasteiger partial charge in [-0.2, -0.15) is 0 Å². The minimum Gasteiger partial charge on any atom is -0.494 e. The predicted molar refractivity (Wildman–Crippen MR) is 85.5 cm³/mol. The number of amides is 1. The number of rotatable bonds is 3. The van der Waals surface area contributed by atoms with Crippen molar-refractivity contribution in [2.24, 2.45) is 0 Å². The zero-order valence-corrected chi connectivity index (χ0v) is 12.2. The molecule has 1 heterocycles. The lowest BCUT2D eigenvalue weighted by molar-refractivity contribution is 0.102. The first-order chi connectivity index (χ1) is 11.1. The topological polar surface area (TPSA) is 71.2 Å². The number of benzene rings is 2. The van der Waals surface area contributed by atoms with E-state index in [9.17, 15) is 14.0 Å². The number of pyridine rings is 1. The highest BCUT2D eigenvalue weighted by molar-refractivity contribution is 6.12. The largest absolute Gasteiger partial charge is 0.494 e. The molecule has 0 atom stereocenters. The summed E-state index contributed by atoms with van der Waals surface area (Å²) >= 11 is 0. The molecule has 0 saturated heterocycles. The highest BCUT2D eigenvalue weighted by atomic mass is 19.1. The number of H-pyrrole nitrogens is 1. The molecule has 0 fully saturated rings. The van der Waals surface area contributed by atoms with Crippen LogP contribution < -0.4 is 15.6 Å². The Balaban J connectivity index is 2.03. The van der Waals surface area contributed by atoms with Crippen LogP contribution in [-0.4, -0.2) is 18.0 Å². The number of carbonyl (C=O) groups is 1. The molecule has 116 valence electrons. The third-order valence-corrected chi connectivity index (χ3v) is 3.41. The Bertz CT molecular complexity index is 950. The van der Waals surface area contributed by atoms with Crippen LogP contribution in [0.5, 0.6) is 5.75 Å². The Morgan fingerprint density at radius 1 is 1.17 bits per heavy atom. The van der Waals surface area contributed by atoms with E-state index in [1.165, 1.54) is 31.4 Å². The van der Waals surface area contributed by atoms with Crippen molar-refractivity contribution >= 4 is 22.5 Å². The van der Waals surface area contributed by atoms with Crippen molar-refractivity contribution in [1.82, 2.24) is 4.98 Å². The van der Waals surface area contributed by atoms with E-state index in [4.69, 9.17) is 4.74 Å². The molecule has 3 rings (SSSR count). The molecule has 1 aromatic heterocycles. The number of ether oxygens (including phenoxy) is 1. The van der Waals surface area contributed by atoms with Crippen molar-refractivity contribution in [2.75, 3.05) is 12.4 Å². The summed E-state index contributed by atoms with van der Waals surface area (Å²) in [7, 11) is 1.38. The Labute approximate surface area is 130 Å². The number of hydrogen-bond acceptors (Lipinski definition) is 3.